The van der Waals surface area contributed by atoms with Crippen LogP contribution in [0.15, 0.2) is 30.3 Å². The standard InChI is InChI=1S/C6H5.C2H6N.Al.2H/c1-2-4-6-5-3-1;1-3-2;;;/h1-5H;1-2H3;;;/q;-1;+1;;. The van der Waals surface area contributed by atoms with Crippen molar-refractivity contribution in [2.45, 2.75) is 0 Å². The molecule has 1 aromatic carbocycles. The van der Waals surface area contributed by atoms with Crippen molar-refractivity contribution in [1.82, 2.24) is 3.88 Å². The Labute approximate surface area is 71.3 Å². The van der Waals surface area contributed by atoms with Crippen molar-refractivity contribution in [3.63, 3.8) is 0 Å². The number of hydrogen-bond acceptors (Lipinski definition) is 1. The lowest BCUT2D eigenvalue weighted by Gasteiger charge is -1.91. The summed E-state index contributed by atoms with van der Waals surface area (Å²) in [6, 6.07) is 12.5. The maximum absolute atomic E-state index is 2.89. The molecule has 0 atom stereocenters. The highest BCUT2D eigenvalue weighted by Gasteiger charge is 1.61. The summed E-state index contributed by atoms with van der Waals surface area (Å²) < 4.78 is 2.14. The Kier molecular flexibility index (Phi) is 6.63. The summed E-state index contributed by atoms with van der Waals surface area (Å²) in [6.45, 7) is 0. The number of rotatable bonds is 0. The lowest BCUT2D eigenvalue weighted by atomic mass is 10.4. The van der Waals surface area contributed by atoms with E-state index >= 15 is 0 Å². The molecule has 0 bridgehead atoms. The van der Waals surface area contributed by atoms with Gasteiger partial charge in [-0.2, -0.15) is 0 Å². The molecular formula is C8H13AlN. The Morgan fingerprint density at radius 3 is 1.60 bits per heavy atom. The van der Waals surface area contributed by atoms with Crippen LogP contribution in [0.3, 0.4) is 0 Å². The number of benzene rings is 1. The van der Waals surface area contributed by atoms with Gasteiger partial charge in [0.2, 0.25) is 0 Å². The predicted octanol–water partition coefficient (Wildman–Crippen LogP) is 0.583. The monoisotopic (exact) mass is 150 g/mol. The van der Waals surface area contributed by atoms with Gasteiger partial charge in [-0.15, -0.1) is 0 Å². The lowest BCUT2D eigenvalue weighted by Crippen LogP contribution is -2.02. The van der Waals surface area contributed by atoms with Crippen LogP contribution in [0.25, 0.3) is 0 Å². The third-order valence-corrected chi connectivity index (χ3v) is 0.607. The van der Waals surface area contributed by atoms with E-state index in [1.807, 2.05) is 30.3 Å². The van der Waals surface area contributed by atoms with E-state index < -0.39 is 0 Å². The summed E-state index contributed by atoms with van der Waals surface area (Å²) in [5, 5.41) is 0. The van der Waals surface area contributed by atoms with Crippen molar-refractivity contribution in [1.29, 1.82) is 0 Å². The molecule has 0 N–H and O–H groups in total. The van der Waals surface area contributed by atoms with Crippen LogP contribution in [-0.4, -0.2) is 34.5 Å². The molecular weight excluding hydrogens is 137 g/mol. The average molecular weight is 150 g/mol. The molecule has 0 aliphatic carbocycles. The minimum atomic E-state index is 1.18. The quantitative estimate of drug-likeness (QED) is 0.489. The summed E-state index contributed by atoms with van der Waals surface area (Å²) in [5.41, 5.74) is 0. The molecule has 0 heterocycles. The Morgan fingerprint density at radius 1 is 1.10 bits per heavy atom. The summed E-state index contributed by atoms with van der Waals surface area (Å²) in [4.78, 5) is 0. The smallest absolute Gasteiger partial charge is 0.321 e. The lowest BCUT2D eigenvalue weighted by molar-refractivity contribution is 0.679. The second kappa shape index (κ2) is 6.83. The molecule has 0 spiro atoms. The largest absolute Gasteiger partial charge is 0.396 e. The van der Waals surface area contributed by atoms with Crippen molar-refractivity contribution in [3.05, 3.63) is 36.4 Å². The highest BCUT2D eigenvalue weighted by Crippen LogP contribution is 1.78. The minimum Gasteiger partial charge on any atom is -0.396 e. The molecule has 0 saturated heterocycles. The van der Waals surface area contributed by atoms with Crippen molar-refractivity contribution in [2.24, 2.45) is 0 Å². The zero-order valence-corrected chi connectivity index (χ0v) is 8.83. The van der Waals surface area contributed by atoms with E-state index in [-0.39, 0.29) is 0 Å². The van der Waals surface area contributed by atoms with E-state index in [4.69, 9.17) is 0 Å². The van der Waals surface area contributed by atoms with E-state index in [0.29, 0.717) is 0 Å². The SMILES string of the molecule is C[N](C)[AlH2].[c]1ccccc1. The van der Waals surface area contributed by atoms with Crippen molar-refractivity contribution in [2.75, 3.05) is 14.1 Å². The Hall–Kier alpha value is -0.288. The summed E-state index contributed by atoms with van der Waals surface area (Å²) in [6.07, 6.45) is 0. The van der Waals surface area contributed by atoms with Gasteiger partial charge in [-0.25, -0.2) is 0 Å². The molecule has 10 heavy (non-hydrogen) atoms. The molecule has 0 amide bonds. The van der Waals surface area contributed by atoms with Crippen LogP contribution >= 0.6 is 0 Å². The first kappa shape index (κ1) is 9.71. The summed E-state index contributed by atoms with van der Waals surface area (Å²) in [7, 11) is 4.12. The highest BCUT2D eigenvalue weighted by molar-refractivity contribution is 6.03. The highest BCUT2D eigenvalue weighted by atomic mass is 27.1. The van der Waals surface area contributed by atoms with E-state index in [9.17, 15) is 0 Å². The molecule has 0 aliphatic rings. The van der Waals surface area contributed by atoms with Crippen LogP contribution < -0.4 is 0 Å². The first-order valence-electron chi connectivity index (χ1n) is 3.25. The molecule has 1 radical (unpaired) electrons. The second-order valence-electron chi connectivity index (χ2n) is 2.42. The molecule has 0 unspecified atom stereocenters. The van der Waals surface area contributed by atoms with E-state index in [2.05, 4.69) is 24.0 Å². The molecule has 0 aliphatic heterocycles. The van der Waals surface area contributed by atoms with Gasteiger partial charge >= 0.3 is 16.5 Å². The maximum atomic E-state index is 2.89. The molecule has 1 aromatic rings. The first-order valence-corrected chi connectivity index (χ1v) is 4.15. The van der Waals surface area contributed by atoms with Gasteiger partial charge in [0.1, 0.15) is 0 Å². The van der Waals surface area contributed by atoms with Crippen LogP contribution in [0, 0.1) is 6.07 Å². The van der Waals surface area contributed by atoms with Gasteiger partial charge in [0.15, 0.2) is 0 Å². The van der Waals surface area contributed by atoms with Crippen LogP contribution in [0.2, 0.25) is 0 Å². The van der Waals surface area contributed by atoms with Gasteiger partial charge < -0.3 is 3.88 Å². The zero-order chi connectivity index (χ0) is 7.82. The Balaban J connectivity index is 0.000000180. The maximum Gasteiger partial charge on any atom is 0.321 e. The predicted molar refractivity (Wildman–Crippen MR) is 47.5 cm³/mol. The molecule has 1 nitrogen and oxygen atoms in total. The molecule has 2 heteroatoms. The zero-order valence-electron chi connectivity index (χ0n) is 6.83. The molecule has 0 fully saturated rings. The number of hydrogen-bond donors (Lipinski definition) is 0. The molecule has 0 aromatic heterocycles. The van der Waals surface area contributed by atoms with Gasteiger partial charge in [0, 0.05) is 0 Å². The second-order valence-corrected chi connectivity index (χ2v) is 4.21. The fourth-order valence-corrected chi connectivity index (χ4v) is 0.342. The third-order valence-electron chi connectivity index (χ3n) is 0.607. The van der Waals surface area contributed by atoms with Crippen LogP contribution in [-0.2, 0) is 0 Å². The van der Waals surface area contributed by atoms with Crippen LogP contribution in [0.1, 0.15) is 0 Å². The van der Waals surface area contributed by atoms with E-state index in [0.717, 1.165) is 0 Å². The van der Waals surface area contributed by atoms with Crippen molar-refractivity contribution >= 4 is 16.5 Å². The van der Waals surface area contributed by atoms with Crippen LogP contribution in [0.5, 0.6) is 0 Å². The topological polar surface area (TPSA) is 3.24 Å². The van der Waals surface area contributed by atoms with E-state index in [1.54, 1.807) is 0 Å². The van der Waals surface area contributed by atoms with Gasteiger partial charge in [0.25, 0.3) is 0 Å². The molecule has 1 rings (SSSR count). The normalized spacial score (nSPS) is 8.30. The Bertz CT molecular complexity index is 110. The van der Waals surface area contributed by atoms with Gasteiger partial charge in [0.05, 0.1) is 0 Å². The van der Waals surface area contributed by atoms with Crippen molar-refractivity contribution in [3.8, 4) is 0 Å². The van der Waals surface area contributed by atoms with Crippen molar-refractivity contribution < 1.29 is 0 Å². The van der Waals surface area contributed by atoms with Gasteiger partial charge in [-0.05, 0) is 20.2 Å². The molecule has 0 saturated carbocycles. The van der Waals surface area contributed by atoms with E-state index in [1.165, 1.54) is 16.5 Å². The molecule has 53 valence electrons. The van der Waals surface area contributed by atoms with Gasteiger partial charge in [-0.1, -0.05) is 30.3 Å². The fraction of sp³-hybridized carbons (Fsp3) is 0.250. The summed E-state index contributed by atoms with van der Waals surface area (Å²) >= 11 is 1.18. The number of nitrogens with zero attached hydrogens (tertiary/aromatic N) is 1. The first-order chi connectivity index (χ1) is 4.73. The average Bonchev–Trinajstić information content (AvgIpc) is 1.90. The Morgan fingerprint density at radius 2 is 1.50 bits per heavy atom. The fourth-order valence-electron chi connectivity index (χ4n) is 0.342. The van der Waals surface area contributed by atoms with Gasteiger partial charge in [-0.3, -0.25) is 0 Å². The minimum absolute atomic E-state index is 1.18. The summed E-state index contributed by atoms with van der Waals surface area (Å²) in [5.74, 6) is 0. The van der Waals surface area contributed by atoms with Crippen LogP contribution in [0.4, 0.5) is 0 Å². The third kappa shape index (κ3) is 10.6.